The Hall–Kier alpha value is -4.80. The van der Waals surface area contributed by atoms with Crippen LogP contribution >= 0.6 is 0 Å². The second-order valence-electron chi connectivity index (χ2n) is 11.2. The highest BCUT2D eigenvalue weighted by Crippen LogP contribution is 2.32. The number of carbonyl (C=O) groups is 2. The molecule has 2 aliphatic rings. The molecule has 0 radical (unpaired) electrons. The van der Waals surface area contributed by atoms with Crippen molar-refractivity contribution in [3.8, 4) is 5.75 Å². The summed E-state index contributed by atoms with van der Waals surface area (Å²) in [5.74, 6) is -0.913. The van der Waals surface area contributed by atoms with Crippen LogP contribution in [0.1, 0.15) is 17.2 Å². The Morgan fingerprint density at radius 1 is 1.00 bits per heavy atom. The van der Waals surface area contributed by atoms with E-state index < -0.39 is 49.3 Å². The zero-order valence-electron chi connectivity index (χ0n) is 25.5. The molecular weight excluding hydrogens is 610 g/mol. The molecule has 250 valence electrons. The fourth-order valence-corrected chi connectivity index (χ4v) is 5.49. The lowest BCUT2D eigenvalue weighted by atomic mass is 9.99. The van der Waals surface area contributed by atoms with Gasteiger partial charge in [0, 0.05) is 61.1 Å². The van der Waals surface area contributed by atoms with Gasteiger partial charge in [-0.05, 0) is 30.3 Å². The van der Waals surface area contributed by atoms with E-state index in [2.05, 4.69) is 20.5 Å². The first kappa shape index (κ1) is 33.6. The number of nitrogen functional groups attached to an aromatic ring is 1. The molecule has 0 spiro atoms. The van der Waals surface area contributed by atoms with Gasteiger partial charge in [-0.1, -0.05) is 30.3 Å². The van der Waals surface area contributed by atoms with E-state index in [0.717, 1.165) is 5.69 Å². The number of aliphatic hydroxyl groups excluding tert-OH is 4. The molecule has 0 saturated carbocycles. The van der Waals surface area contributed by atoms with Crippen molar-refractivity contribution >= 4 is 29.0 Å². The van der Waals surface area contributed by atoms with Crippen LogP contribution in [0.15, 0.2) is 73.1 Å². The number of pyridine rings is 1. The molecule has 1 aromatic heterocycles. The van der Waals surface area contributed by atoms with Crippen LogP contribution in [0.25, 0.3) is 0 Å². The summed E-state index contributed by atoms with van der Waals surface area (Å²) in [6.07, 6.45) is -4.17. The third kappa shape index (κ3) is 7.96. The van der Waals surface area contributed by atoms with Crippen LogP contribution < -0.4 is 26.0 Å². The molecule has 3 heterocycles. The molecule has 0 aliphatic carbocycles. The van der Waals surface area contributed by atoms with Gasteiger partial charge in [-0.2, -0.15) is 0 Å². The number of carbonyl (C=O) groups excluding carboxylic acids is 2. The van der Waals surface area contributed by atoms with Gasteiger partial charge in [-0.25, -0.2) is 0 Å². The number of nitrogens with two attached hydrogens (primary N) is 1. The van der Waals surface area contributed by atoms with E-state index in [1.165, 1.54) is 6.07 Å². The van der Waals surface area contributed by atoms with Crippen molar-refractivity contribution in [2.75, 3.05) is 49.5 Å². The first-order valence-electron chi connectivity index (χ1n) is 15.1. The second kappa shape index (κ2) is 15.2. The average Bonchev–Trinajstić information content (AvgIpc) is 3.10. The maximum Gasteiger partial charge on any atom is 0.247 e. The zero-order valence-corrected chi connectivity index (χ0v) is 25.5. The number of benzene rings is 2. The Morgan fingerprint density at radius 3 is 2.43 bits per heavy atom. The highest BCUT2D eigenvalue weighted by molar-refractivity contribution is 5.96. The molecule has 5 rings (SSSR count). The Kier molecular flexibility index (Phi) is 10.8. The van der Waals surface area contributed by atoms with Gasteiger partial charge in [-0.15, -0.1) is 0 Å². The smallest absolute Gasteiger partial charge is 0.247 e. The molecule has 15 heteroatoms. The third-order valence-corrected chi connectivity index (χ3v) is 8.14. The molecule has 9 N–H and O–H groups in total. The minimum atomic E-state index is -1.68. The van der Waals surface area contributed by atoms with Gasteiger partial charge < -0.3 is 56.1 Å². The maximum absolute atomic E-state index is 13.8. The Labute approximate surface area is 271 Å². The van der Waals surface area contributed by atoms with E-state index in [1.807, 2.05) is 12.1 Å². The SMILES string of the molecule is N=C(N)c1cccc(NC(C(=O)NCC(=O)N2CCN(c3ccncc3)CC2)c2ccccc2OC2OC(CO)C(O)C(O)C2O)c1. The van der Waals surface area contributed by atoms with Crippen LogP contribution in [0, 0.1) is 5.41 Å². The van der Waals surface area contributed by atoms with Gasteiger partial charge in [0.05, 0.1) is 13.2 Å². The summed E-state index contributed by atoms with van der Waals surface area (Å²) < 4.78 is 11.5. The van der Waals surface area contributed by atoms with Gasteiger partial charge >= 0.3 is 0 Å². The van der Waals surface area contributed by atoms with Crippen LogP contribution in [0.5, 0.6) is 5.75 Å². The van der Waals surface area contributed by atoms with E-state index in [0.29, 0.717) is 37.4 Å². The largest absolute Gasteiger partial charge is 0.462 e. The minimum Gasteiger partial charge on any atom is -0.462 e. The van der Waals surface area contributed by atoms with Crippen molar-refractivity contribution in [2.45, 2.75) is 36.7 Å². The summed E-state index contributed by atoms with van der Waals surface area (Å²) >= 11 is 0. The Bertz CT molecular complexity index is 1540. The van der Waals surface area contributed by atoms with Gasteiger partial charge in [0.2, 0.25) is 18.1 Å². The Morgan fingerprint density at radius 2 is 1.72 bits per heavy atom. The number of aliphatic hydroxyl groups is 4. The van der Waals surface area contributed by atoms with Gasteiger partial charge in [0.1, 0.15) is 42.0 Å². The molecule has 6 atom stereocenters. The molecule has 2 saturated heterocycles. The summed E-state index contributed by atoms with van der Waals surface area (Å²) in [4.78, 5) is 34.9. The number of nitrogens with one attached hydrogen (secondary N) is 3. The summed E-state index contributed by atoms with van der Waals surface area (Å²) in [6.45, 7) is 1.30. The fraction of sp³-hybridized carbons (Fsp3) is 0.375. The third-order valence-electron chi connectivity index (χ3n) is 8.14. The monoisotopic (exact) mass is 649 g/mol. The van der Waals surface area contributed by atoms with Crippen LogP contribution in [0.3, 0.4) is 0 Å². The summed E-state index contributed by atoms with van der Waals surface area (Å²) in [5, 5.41) is 54.3. The van der Waals surface area contributed by atoms with Crippen molar-refractivity contribution in [3.63, 3.8) is 0 Å². The van der Waals surface area contributed by atoms with Crippen molar-refractivity contribution in [1.82, 2.24) is 15.2 Å². The first-order chi connectivity index (χ1) is 22.7. The molecule has 2 amide bonds. The number of nitrogens with zero attached hydrogens (tertiary/aromatic N) is 3. The molecule has 2 aliphatic heterocycles. The van der Waals surface area contributed by atoms with Gasteiger partial charge in [0.15, 0.2) is 0 Å². The molecule has 3 aromatic rings. The quantitative estimate of drug-likeness (QED) is 0.0940. The summed E-state index contributed by atoms with van der Waals surface area (Å²) in [7, 11) is 0. The number of rotatable bonds is 11. The lowest BCUT2D eigenvalue weighted by Crippen LogP contribution is -2.60. The topological polar surface area (TPSA) is 227 Å². The fourth-order valence-electron chi connectivity index (χ4n) is 5.49. The van der Waals surface area contributed by atoms with Crippen molar-refractivity contribution in [1.29, 1.82) is 5.41 Å². The minimum absolute atomic E-state index is 0.0887. The van der Waals surface area contributed by atoms with Crippen LogP contribution in [0.2, 0.25) is 0 Å². The predicted octanol–water partition coefficient (Wildman–Crippen LogP) is -0.837. The standard InChI is InChI=1S/C32H39N7O8/c33-30(34)19-4-3-5-20(16-19)37-26(22-6-1-2-7-23(22)46-32-29(44)28(43)27(42)24(18-40)47-32)31(45)36-17-25(41)39-14-12-38(13-15-39)21-8-10-35-11-9-21/h1-11,16,24,26-29,32,37,40,42-44H,12-15,17-18H2,(H3,33,34)(H,36,45). The van der Waals surface area contributed by atoms with E-state index in [4.69, 9.17) is 20.6 Å². The number of hydrogen-bond donors (Lipinski definition) is 8. The van der Waals surface area contributed by atoms with Gasteiger partial charge in [-0.3, -0.25) is 20.0 Å². The van der Waals surface area contributed by atoms with Crippen molar-refractivity contribution < 1.29 is 39.5 Å². The molecule has 2 fully saturated rings. The number of amides is 2. The molecule has 15 nitrogen and oxygen atoms in total. The van der Waals surface area contributed by atoms with E-state index in [-0.39, 0.29) is 29.6 Å². The summed E-state index contributed by atoms with van der Waals surface area (Å²) in [5.41, 5.74) is 7.85. The first-order valence-corrected chi connectivity index (χ1v) is 15.1. The maximum atomic E-state index is 13.8. The highest BCUT2D eigenvalue weighted by Gasteiger charge is 2.45. The number of hydrogen-bond acceptors (Lipinski definition) is 12. The molecular formula is C32H39N7O8. The number of amidine groups is 1. The predicted molar refractivity (Wildman–Crippen MR) is 171 cm³/mol. The summed E-state index contributed by atoms with van der Waals surface area (Å²) in [6, 6.07) is 15.7. The second-order valence-corrected chi connectivity index (χ2v) is 11.2. The molecule has 47 heavy (non-hydrogen) atoms. The van der Waals surface area contributed by atoms with Crippen LogP contribution in [-0.2, 0) is 14.3 Å². The number of para-hydroxylation sites is 1. The van der Waals surface area contributed by atoms with E-state index >= 15 is 0 Å². The number of ether oxygens (including phenoxy) is 2. The lowest BCUT2D eigenvalue weighted by Gasteiger charge is -2.40. The van der Waals surface area contributed by atoms with Gasteiger partial charge in [0.25, 0.3) is 0 Å². The van der Waals surface area contributed by atoms with E-state index in [1.54, 1.807) is 59.8 Å². The average molecular weight is 650 g/mol. The Balaban J connectivity index is 1.33. The molecule has 6 unspecified atom stereocenters. The van der Waals surface area contributed by atoms with Crippen molar-refractivity contribution in [2.24, 2.45) is 5.73 Å². The number of aromatic nitrogens is 1. The molecule has 2 aromatic carbocycles. The number of anilines is 2. The van der Waals surface area contributed by atoms with Crippen LogP contribution in [-0.4, -0.2) is 118 Å². The molecule has 0 bridgehead atoms. The van der Waals surface area contributed by atoms with E-state index in [9.17, 15) is 30.0 Å². The zero-order chi connectivity index (χ0) is 33.5. The van der Waals surface area contributed by atoms with Crippen LogP contribution in [0.4, 0.5) is 11.4 Å². The van der Waals surface area contributed by atoms with Crippen molar-refractivity contribution in [3.05, 3.63) is 84.2 Å². The number of piperazine rings is 1. The lowest BCUT2D eigenvalue weighted by molar-refractivity contribution is -0.277. The normalized spacial score (nSPS) is 23.4. The highest BCUT2D eigenvalue weighted by atomic mass is 16.7.